The summed E-state index contributed by atoms with van der Waals surface area (Å²) in [6, 6.07) is 0.456. The number of nitrogens with two attached hydrogens (primary N) is 1. The lowest BCUT2D eigenvalue weighted by molar-refractivity contribution is 0.652. The summed E-state index contributed by atoms with van der Waals surface area (Å²) in [4.78, 5) is 4.27. The van der Waals surface area contributed by atoms with E-state index < -0.39 is 0 Å². The van der Waals surface area contributed by atoms with E-state index in [1.807, 2.05) is 13.8 Å². The largest absolute Gasteiger partial charge is 0.368 e. The first-order chi connectivity index (χ1) is 4.50. The van der Waals surface area contributed by atoms with Crippen LogP contribution in [0.1, 0.15) is 20.8 Å². The average Bonchev–Trinajstić information content (AvgIpc) is 2.11. The summed E-state index contributed by atoms with van der Waals surface area (Å²) in [5.41, 5.74) is 5.51. The molecule has 3 heteroatoms. The van der Waals surface area contributed by atoms with Crippen molar-refractivity contribution in [2.24, 2.45) is 10.7 Å². The molecular weight excluding hydrogens is 126 g/mol. The van der Waals surface area contributed by atoms with Crippen molar-refractivity contribution in [2.75, 3.05) is 6.54 Å². The normalized spacial score (nSPS) is 26.0. The van der Waals surface area contributed by atoms with Gasteiger partial charge in [-0.15, -0.1) is 0 Å². The van der Waals surface area contributed by atoms with E-state index in [2.05, 4.69) is 17.2 Å². The summed E-state index contributed by atoms with van der Waals surface area (Å²) >= 11 is 0. The van der Waals surface area contributed by atoms with Crippen LogP contribution in [0.15, 0.2) is 4.99 Å². The van der Waals surface area contributed by atoms with Crippen LogP contribution >= 0.6 is 0 Å². The lowest BCUT2D eigenvalue weighted by Gasteiger charge is -2.19. The molecule has 0 aromatic rings. The number of hydrogen-bond acceptors (Lipinski definition) is 3. The fourth-order valence-corrected chi connectivity index (χ4v) is 0.943. The number of aliphatic imine (C=N–C) groups is 1. The Bertz CT molecular complexity index is 155. The Labute approximate surface area is 61.7 Å². The van der Waals surface area contributed by atoms with Gasteiger partial charge in [-0.05, 0) is 20.8 Å². The summed E-state index contributed by atoms with van der Waals surface area (Å²) in [5, 5.41) is 3.22. The third kappa shape index (κ3) is 1.48. The van der Waals surface area contributed by atoms with Crippen LogP contribution in [0.4, 0.5) is 0 Å². The Kier molecular flexibility index (Phi) is 1.68. The van der Waals surface area contributed by atoms with Gasteiger partial charge in [-0.25, -0.2) is 0 Å². The molecule has 0 saturated heterocycles. The van der Waals surface area contributed by atoms with Crippen LogP contribution in [-0.2, 0) is 0 Å². The standard InChI is InChI=1S/C7H15N3/c1-5-4-9-6(10-5)7(2,3)8/h5H,4,8H2,1-3H3,(H,9,10). The van der Waals surface area contributed by atoms with E-state index >= 15 is 0 Å². The van der Waals surface area contributed by atoms with Gasteiger partial charge in [0.05, 0.1) is 12.1 Å². The van der Waals surface area contributed by atoms with Crippen molar-refractivity contribution in [3.63, 3.8) is 0 Å². The predicted molar refractivity (Wildman–Crippen MR) is 43.2 cm³/mol. The Morgan fingerprint density at radius 1 is 1.70 bits per heavy atom. The Morgan fingerprint density at radius 3 is 2.50 bits per heavy atom. The van der Waals surface area contributed by atoms with Crippen LogP contribution in [-0.4, -0.2) is 24.0 Å². The zero-order valence-electron chi connectivity index (χ0n) is 6.81. The SMILES string of the molecule is CC1CN=C(C(C)(C)N)N1. The molecule has 1 atom stereocenters. The van der Waals surface area contributed by atoms with Crippen LogP contribution in [0.2, 0.25) is 0 Å². The highest BCUT2D eigenvalue weighted by molar-refractivity contribution is 5.92. The minimum absolute atomic E-state index is 0.301. The van der Waals surface area contributed by atoms with E-state index in [4.69, 9.17) is 5.73 Å². The summed E-state index contributed by atoms with van der Waals surface area (Å²) in [6.45, 7) is 6.87. The first-order valence-corrected chi connectivity index (χ1v) is 3.60. The van der Waals surface area contributed by atoms with Gasteiger partial charge in [-0.3, -0.25) is 4.99 Å². The highest BCUT2D eigenvalue weighted by Crippen LogP contribution is 2.05. The smallest absolute Gasteiger partial charge is 0.116 e. The van der Waals surface area contributed by atoms with Gasteiger partial charge in [0.15, 0.2) is 0 Å². The highest BCUT2D eigenvalue weighted by Gasteiger charge is 2.24. The fourth-order valence-electron chi connectivity index (χ4n) is 0.943. The quantitative estimate of drug-likeness (QED) is 0.544. The lowest BCUT2D eigenvalue weighted by Crippen LogP contribution is -2.48. The third-order valence-corrected chi connectivity index (χ3v) is 1.52. The molecule has 1 unspecified atom stereocenters. The van der Waals surface area contributed by atoms with Gasteiger partial charge in [0, 0.05) is 6.04 Å². The summed E-state index contributed by atoms with van der Waals surface area (Å²) in [5.74, 6) is 0.931. The monoisotopic (exact) mass is 141 g/mol. The van der Waals surface area contributed by atoms with E-state index in [-0.39, 0.29) is 5.54 Å². The molecule has 10 heavy (non-hydrogen) atoms. The fraction of sp³-hybridized carbons (Fsp3) is 0.857. The Morgan fingerprint density at radius 2 is 2.30 bits per heavy atom. The van der Waals surface area contributed by atoms with E-state index in [0.717, 1.165) is 12.4 Å². The van der Waals surface area contributed by atoms with Gasteiger partial charge < -0.3 is 11.1 Å². The molecule has 58 valence electrons. The van der Waals surface area contributed by atoms with E-state index in [1.54, 1.807) is 0 Å². The van der Waals surface area contributed by atoms with Gasteiger partial charge in [0.1, 0.15) is 5.84 Å². The molecule has 0 spiro atoms. The molecule has 0 radical (unpaired) electrons. The Hall–Kier alpha value is -0.570. The van der Waals surface area contributed by atoms with Crippen molar-refractivity contribution in [3.05, 3.63) is 0 Å². The molecular formula is C7H15N3. The molecule has 0 aromatic heterocycles. The van der Waals surface area contributed by atoms with Crippen LogP contribution in [0, 0.1) is 0 Å². The highest BCUT2D eigenvalue weighted by atomic mass is 15.1. The molecule has 1 rings (SSSR count). The number of hydrogen-bond donors (Lipinski definition) is 2. The van der Waals surface area contributed by atoms with E-state index in [0.29, 0.717) is 6.04 Å². The third-order valence-electron chi connectivity index (χ3n) is 1.52. The van der Waals surface area contributed by atoms with Crippen molar-refractivity contribution >= 4 is 5.84 Å². The van der Waals surface area contributed by atoms with Gasteiger partial charge in [-0.2, -0.15) is 0 Å². The zero-order chi connectivity index (χ0) is 7.78. The van der Waals surface area contributed by atoms with Crippen molar-refractivity contribution < 1.29 is 0 Å². The van der Waals surface area contributed by atoms with Crippen LogP contribution in [0.5, 0.6) is 0 Å². The molecule has 3 nitrogen and oxygen atoms in total. The van der Waals surface area contributed by atoms with Crippen LogP contribution in [0.3, 0.4) is 0 Å². The minimum atomic E-state index is -0.301. The minimum Gasteiger partial charge on any atom is -0.368 e. The van der Waals surface area contributed by atoms with Crippen molar-refractivity contribution in [2.45, 2.75) is 32.4 Å². The molecule has 3 N–H and O–H groups in total. The predicted octanol–water partition coefficient (Wildman–Crippen LogP) is 0.114. The maximum absolute atomic E-state index is 5.81. The second kappa shape index (κ2) is 2.23. The van der Waals surface area contributed by atoms with Crippen molar-refractivity contribution in [3.8, 4) is 0 Å². The molecule has 0 bridgehead atoms. The summed E-state index contributed by atoms with van der Waals surface area (Å²) in [6.07, 6.45) is 0. The van der Waals surface area contributed by atoms with Gasteiger partial charge >= 0.3 is 0 Å². The first-order valence-electron chi connectivity index (χ1n) is 3.60. The molecule has 0 fully saturated rings. The van der Waals surface area contributed by atoms with E-state index in [9.17, 15) is 0 Å². The lowest BCUT2D eigenvalue weighted by atomic mass is 10.1. The van der Waals surface area contributed by atoms with E-state index in [1.165, 1.54) is 0 Å². The van der Waals surface area contributed by atoms with Gasteiger partial charge in [-0.1, -0.05) is 0 Å². The first kappa shape index (κ1) is 7.54. The molecule has 0 aliphatic carbocycles. The summed E-state index contributed by atoms with van der Waals surface area (Å²) < 4.78 is 0. The molecule has 1 aliphatic rings. The number of amidine groups is 1. The second-order valence-corrected chi connectivity index (χ2v) is 3.46. The maximum atomic E-state index is 5.81. The average molecular weight is 141 g/mol. The van der Waals surface area contributed by atoms with Gasteiger partial charge in [0.2, 0.25) is 0 Å². The number of rotatable bonds is 1. The van der Waals surface area contributed by atoms with Crippen molar-refractivity contribution in [1.29, 1.82) is 0 Å². The zero-order valence-corrected chi connectivity index (χ0v) is 6.81. The maximum Gasteiger partial charge on any atom is 0.116 e. The van der Waals surface area contributed by atoms with Crippen LogP contribution < -0.4 is 11.1 Å². The van der Waals surface area contributed by atoms with Gasteiger partial charge in [0.25, 0.3) is 0 Å². The molecule has 0 saturated carbocycles. The summed E-state index contributed by atoms with van der Waals surface area (Å²) in [7, 11) is 0. The molecule has 0 aromatic carbocycles. The molecule has 1 aliphatic heterocycles. The molecule has 0 amide bonds. The Balaban J connectivity index is 2.60. The second-order valence-electron chi connectivity index (χ2n) is 3.46. The number of nitrogens with one attached hydrogen (secondary N) is 1. The number of nitrogens with zero attached hydrogens (tertiary/aromatic N) is 1. The topological polar surface area (TPSA) is 50.4 Å². The van der Waals surface area contributed by atoms with Crippen molar-refractivity contribution in [1.82, 2.24) is 5.32 Å². The van der Waals surface area contributed by atoms with Crippen LogP contribution in [0.25, 0.3) is 0 Å². The molecule has 1 heterocycles.